The highest BCUT2D eigenvalue weighted by atomic mass is 16.5. The van der Waals surface area contributed by atoms with Crippen molar-refractivity contribution >= 4 is 0 Å². The van der Waals surface area contributed by atoms with Gasteiger partial charge in [0.1, 0.15) is 5.75 Å². The van der Waals surface area contributed by atoms with E-state index in [1.54, 1.807) is 7.11 Å². The van der Waals surface area contributed by atoms with E-state index in [1.807, 2.05) is 12.1 Å². The fraction of sp³-hybridized carbons (Fsp3) is 0.538. The molecule has 0 amide bonds. The van der Waals surface area contributed by atoms with E-state index in [0.29, 0.717) is 5.92 Å². The highest BCUT2D eigenvalue weighted by molar-refractivity contribution is 5.29. The Morgan fingerprint density at radius 2 is 1.67 bits per heavy atom. The second-order valence-electron chi connectivity index (χ2n) is 4.28. The van der Waals surface area contributed by atoms with E-state index in [0.717, 1.165) is 31.4 Å². The van der Waals surface area contributed by atoms with E-state index < -0.39 is 0 Å². The summed E-state index contributed by atoms with van der Waals surface area (Å²) in [5, 5.41) is 9.44. The molecule has 2 rings (SSSR count). The summed E-state index contributed by atoms with van der Waals surface area (Å²) in [6, 6.07) is 8.31. The van der Waals surface area contributed by atoms with Gasteiger partial charge in [0.05, 0.1) is 13.2 Å². The van der Waals surface area contributed by atoms with Gasteiger partial charge in [0, 0.05) is 0 Å². The van der Waals surface area contributed by atoms with Crippen molar-refractivity contribution in [2.24, 2.45) is 0 Å². The molecule has 2 heteroatoms. The predicted octanol–water partition coefficient (Wildman–Crippen LogP) is 2.71. The third kappa shape index (κ3) is 2.51. The third-order valence-electron chi connectivity index (χ3n) is 3.28. The summed E-state index contributed by atoms with van der Waals surface area (Å²) < 4.78 is 5.13. The molecule has 0 unspecified atom stereocenters. The summed E-state index contributed by atoms with van der Waals surface area (Å²) in [6.07, 6.45) is 4.02. The van der Waals surface area contributed by atoms with Gasteiger partial charge in [0.2, 0.25) is 0 Å². The van der Waals surface area contributed by atoms with E-state index >= 15 is 0 Å². The molecule has 1 saturated carbocycles. The summed E-state index contributed by atoms with van der Waals surface area (Å²) in [6.45, 7) is 0. The van der Waals surface area contributed by atoms with Crippen LogP contribution in [-0.4, -0.2) is 18.3 Å². The molecule has 0 spiro atoms. The monoisotopic (exact) mass is 206 g/mol. The van der Waals surface area contributed by atoms with Crippen LogP contribution in [-0.2, 0) is 0 Å². The first kappa shape index (κ1) is 10.5. The normalized spacial score (nSPS) is 26.3. The number of methoxy groups -OCH3 is 1. The Morgan fingerprint density at radius 1 is 1.07 bits per heavy atom. The highest BCUT2D eigenvalue weighted by Gasteiger charge is 2.20. The molecule has 0 bridgehead atoms. The SMILES string of the molecule is COc1ccc(C2CCC(O)CC2)cc1. The van der Waals surface area contributed by atoms with E-state index in [-0.39, 0.29) is 6.10 Å². The molecule has 1 aromatic rings. The van der Waals surface area contributed by atoms with Crippen LogP contribution in [0.3, 0.4) is 0 Å². The molecule has 1 N–H and O–H groups in total. The third-order valence-corrected chi connectivity index (χ3v) is 3.28. The fourth-order valence-corrected chi connectivity index (χ4v) is 2.29. The molecule has 0 aromatic heterocycles. The first-order valence-corrected chi connectivity index (χ1v) is 5.61. The Labute approximate surface area is 90.9 Å². The van der Waals surface area contributed by atoms with Gasteiger partial charge < -0.3 is 9.84 Å². The molecule has 1 aliphatic rings. The van der Waals surface area contributed by atoms with E-state index in [2.05, 4.69) is 12.1 Å². The molecule has 1 aromatic carbocycles. The maximum absolute atomic E-state index is 9.44. The van der Waals surface area contributed by atoms with Crippen LogP contribution in [0.25, 0.3) is 0 Å². The number of hydrogen-bond acceptors (Lipinski definition) is 2. The summed E-state index contributed by atoms with van der Waals surface area (Å²) in [7, 11) is 1.69. The highest BCUT2D eigenvalue weighted by Crippen LogP contribution is 2.33. The fourth-order valence-electron chi connectivity index (χ4n) is 2.29. The lowest BCUT2D eigenvalue weighted by Gasteiger charge is -2.25. The topological polar surface area (TPSA) is 29.5 Å². The molecule has 1 fully saturated rings. The summed E-state index contributed by atoms with van der Waals surface area (Å²) >= 11 is 0. The second-order valence-corrected chi connectivity index (χ2v) is 4.28. The molecule has 0 heterocycles. The van der Waals surface area contributed by atoms with Gasteiger partial charge in [-0.3, -0.25) is 0 Å². The maximum Gasteiger partial charge on any atom is 0.118 e. The number of hydrogen-bond donors (Lipinski definition) is 1. The van der Waals surface area contributed by atoms with E-state index in [4.69, 9.17) is 4.74 Å². The van der Waals surface area contributed by atoms with Gasteiger partial charge in [-0.25, -0.2) is 0 Å². The average molecular weight is 206 g/mol. The Bertz CT molecular complexity index is 297. The number of aliphatic hydroxyl groups excluding tert-OH is 1. The molecule has 0 radical (unpaired) electrons. The molecule has 0 saturated heterocycles. The Kier molecular flexibility index (Phi) is 3.27. The first-order chi connectivity index (χ1) is 7.29. The molecule has 0 aliphatic heterocycles. The standard InChI is InChI=1S/C13H18O2/c1-15-13-8-4-11(5-9-13)10-2-6-12(14)7-3-10/h4-5,8-10,12,14H,2-3,6-7H2,1H3. The largest absolute Gasteiger partial charge is 0.497 e. The summed E-state index contributed by atoms with van der Waals surface area (Å²) in [5.41, 5.74) is 1.38. The molecule has 0 atom stereocenters. The van der Waals surface area contributed by atoms with Gasteiger partial charge >= 0.3 is 0 Å². The van der Waals surface area contributed by atoms with Crippen LogP contribution in [0, 0.1) is 0 Å². The molecule has 1 aliphatic carbocycles. The Morgan fingerprint density at radius 3 is 2.20 bits per heavy atom. The molecule has 2 nitrogen and oxygen atoms in total. The molecule has 82 valence electrons. The zero-order valence-corrected chi connectivity index (χ0v) is 9.15. The van der Waals surface area contributed by atoms with E-state index in [9.17, 15) is 5.11 Å². The average Bonchev–Trinajstić information content (AvgIpc) is 2.30. The summed E-state index contributed by atoms with van der Waals surface area (Å²) in [4.78, 5) is 0. The second kappa shape index (κ2) is 4.67. The first-order valence-electron chi connectivity index (χ1n) is 5.61. The van der Waals surface area contributed by atoms with E-state index in [1.165, 1.54) is 5.56 Å². The molecule has 15 heavy (non-hydrogen) atoms. The number of benzene rings is 1. The van der Waals surface area contributed by atoms with Gasteiger partial charge in [-0.05, 0) is 49.3 Å². The number of rotatable bonds is 2. The van der Waals surface area contributed by atoms with Crippen molar-refractivity contribution in [1.29, 1.82) is 0 Å². The van der Waals surface area contributed by atoms with Crippen LogP contribution in [0.5, 0.6) is 5.75 Å². The van der Waals surface area contributed by atoms with Crippen LogP contribution in [0.1, 0.15) is 37.2 Å². The van der Waals surface area contributed by atoms with Crippen LogP contribution in [0.4, 0.5) is 0 Å². The zero-order chi connectivity index (χ0) is 10.7. The van der Waals surface area contributed by atoms with Crippen LogP contribution < -0.4 is 4.74 Å². The number of aliphatic hydroxyl groups is 1. The minimum Gasteiger partial charge on any atom is -0.497 e. The molecular weight excluding hydrogens is 188 g/mol. The smallest absolute Gasteiger partial charge is 0.118 e. The quantitative estimate of drug-likeness (QED) is 0.806. The molecular formula is C13H18O2. The lowest BCUT2D eigenvalue weighted by atomic mass is 9.83. The number of ether oxygens (including phenoxy) is 1. The van der Waals surface area contributed by atoms with Crippen molar-refractivity contribution in [3.63, 3.8) is 0 Å². The minimum atomic E-state index is -0.0699. The van der Waals surface area contributed by atoms with Gasteiger partial charge in [-0.1, -0.05) is 12.1 Å². The maximum atomic E-state index is 9.44. The van der Waals surface area contributed by atoms with Gasteiger partial charge in [0.25, 0.3) is 0 Å². The van der Waals surface area contributed by atoms with Crippen molar-refractivity contribution in [3.8, 4) is 5.75 Å². The Hall–Kier alpha value is -1.02. The van der Waals surface area contributed by atoms with Crippen molar-refractivity contribution in [1.82, 2.24) is 0 Å². The van der Waals surface area contributed by atoms with Crippen molar-refractivity contribution in [2.45, 2.75) is 37.7 Å². The van der Waals surface area contributed by atoms with Crippen molar-refractivity contribution in [3.05, 3.63) is 29.8 Å². The van der Waals surface area contributed by atoms with Crippen LogP contribution in [0.15, 0.2) is 24.3 Å². The summed E-state index contributed by atoms with van der Waals surface area (Å²) in [5.74, 6) is 1.54. The van der Waals surface area contributed by atoms with Crippen LogP contribution >= 0.6 is 0 Å². The van der Waals surface area contributed by atoms with Crippen molar-refractivity contribution in [2.75, 3.05) is 7.11 Å². The van der Waals surface area contributed by atoms with Crippen LogP contribution in [0.2, 0.25) is 0 Å². The lowest BCUT2D eigenvalue weighted by Crippen LogP contribution is -2.16. The van der Waals surface area contributed by atoms with Crippen molar-refractivity contribution < 1.29 is 9.84 Å². The lowest BCUT2D eigenvalue weighted by molar-refractivity contribution is 0.122. The zero-order valence-electron chi connectivity index (χ0n) is 9.15. The Balaban J connectivity index is 2.03. The van der Waals surface area contributed by atoms with Gasteiger partial charge in [-0.2, -0.15) is 0 Å². The minimum absolute atomic E-state index is 0.0699. The van der Waals surface area contributed by atoms with Gasteiger partial charge in [0.15, 0.2) is 0 Å². The van der Waals surface area contributed by atoms with Gasteiger partial charge in [-0.15, -0.1) is 0 Å². The predicted molar refractivity (Wildman–Crippen MR) is 60.2 cm³/mol.